The third kappa shape index (κ3) is 3.00. The number of benzene rings is 1. The highest BCUT2D eigenvalue weighted by molar-refractivity contribution is 6.33. The number of halogens is 1. The molecule has 1 amide bonds. The largest absolute Gasteiger partial charge is 0.381 e. The number of hydrogen-bond donors (Lipinski definition) is 0. The first-order valence-electron chi connectivity index (χ1n) is 11.0. The smallest absolute Gasteiger partial charge is 0.255 e. The molecule has 170 valence electrons. The number of anilines is 2. The highest BCUT2D eigenvalue weighted by Gasteiger charge is 2.54. The molecule has 1 aromatic heterocycles. The van der Waals surface area contributed by atoms with E-state index in [0.717, 1.165) is 12.8 Å². The molecule has 0 aliphatic carbocycles. The predicted molar refractivity (Wildman–Crippen MR) is 117 cm³/mol. The van der Waals surface area contributed by atoms with Crippen molar-refractivity contribution in [3.63, 3.8) is 0 Å². The summed E-state index contributed by atoms with van der Waals surface area (Å²) < 4.78 is 17.0. The number of nitrogens with zero attached hydrogens (tertiary/aromatic N) is 6. The first kappa shape index (κ1) is 20.6. The van der Waals surface area contributed by atoms with E-state index in [1.807, 2.05) is 6.92 Å². The zero-order chi connectivity index (χ0) is 22.7. The van der Waals surface area contributed by atoms with Crippen molar-refractivity contribution in [2.75, 3.05) is 29.6 Å². The lowest BCUT2D eigenvalue weighted by Crippen LogP contribution is -2.60. The van der Waals surface area contributed by atoms with Crippen molar-refractivity contribution in [1.29, 1.82) is 5.26 Å². The molecule has 6 rings (SSSR count). The Morgan fingerprint density at radius 1 is 1.33 bits per heavy atom. The Labute approximate surface area is 194 Å². The number of aliphatic imine (C=N–C) groups is 1. The van der Waals surface area contributed by atoms with E-state index in [-0.39, 0.29) is 28.3 Å². The third-order valence-corrected chi connectivity index (χ3v) is 7.13. The summed E-state index contributed by atoms with van der Waals surface area (Å²) >= 11 is 6.36. The Morgan fingerprint density at radius 3 is 2.94 bits per heavy atom. The zero-order valence-electron chi connectivity index (χ0n) is 17.9. The van der Waals surface area contributed by atoms with E-state index in [2.05, 4.69) is 21.2 Å². The number of ether oxygens (including phenoxy) is 2. The van der Waals surface area contributed by atoms with Crippen LogP contribution in [0, 0.1) is 11.3 Å². The van der Waals surface area contributed by atoms with Crippen molar-refractivity contribution >= 4 is 35.2 Å². The molecule has 4 aliphatic heterocycles. The van der Waals surface area contributed by atoms with Gasteiger partial charge in [0.05, 0.1) is 34.9 Å². The fourth-order valence-electron chi connectivity index (χ4n) is 5.13. The van der Waals surface area contributed by atoms with E-state index < -0.39 is 17.8 Å². The molecule has 5 heterocycles. The van der Waals surface area contributed by atoms with Crippen molar-refractivity contribution in [2.24, 2.45) is 4.99 Å². The number of fused-ring (bicyclic) bond motifs is 3. The molecule has 0 N–H and O–H groups in total. The molecule has 1 aromatic carbocycles. The van der Waals surface area contributed by atoms with Crippen molar-refractivity contribution in [3.05, 3.63) is 34.4 Å². The van der Waals surface area contributed by atoms with E-state index in [1.54, 1.807) is 28.3 Å². The minimum Gasteiger partial charge on any atom is -0.381 e. The Balaban J connectivity index is 1.45. The molecule has 0 spiro atoms. The van der Waals surface area contributed by atoms with Crippen LogP contribution in [-0.4, -0.2) is 54.0 Å². The number of amides is 1. The number of nitriles is 1. The molecule has 4 atom stereocenters. The zero-order valence-corrected chi connectivity index (χ0v) is 18.7. The summed E-state index contributed by atoms with van der Waals surface area (Å²) in [5, 5.41) is 14.3. The van der Waals surface area contributed by atoms with Gasteiger partial charge < -0.3 is 18.9 Å². The van der Waals surface area contributed by atoms with Crippen molar-refractivity contribution < 1.29 is 18.8 Å². The lowest BCUT2D eigenvalue weighted by Gasteiger charge is -2.46. The van der Waals surface area contributed by atoms with Crippen LogP contribution in [-0.2, 0) is 14.3 Å². The van der Waals surface area contributed by atoms with Gasteiger partial charge in [-0.1, -0.05) is 16.8 Å². The van der Waals surface area contributed by atoms with Crippen molar-refractivity contribution in [2.45, 2.75) is 49.9 Å². The molecule has 10 nitrogen and oxygen atoms in total. The molecular weight excluding hydrogens is 448 g/mol. The highest BCUT2D eigenvalue weighted by Crippen LogP contribution is 2.49. The first-order valence-corrected chi connectivity index (χ1v) is 11.3. The van der Waals surface area contributed by atoms with Crippen LogP contribution < -0.4 is 9.80 Å². The van der Waals surface area contributed by atoms with E-state index in [9.17, 15) is 10.1 Å². The van der Waals surface area contributed by atoms with Gasteiger partial charge in [0.1, 0.15) is 17.8 Å². The summed E-state index contributed by atoms with van der Waals surface area (Å²) in [7, 11) is 0. The van der Waals surface area contributed by atoms with E-state index in [0.29, 0.717) is 43.4 Å². The Bertz CT molecular complexity index is 1190. The normalized spacial score (nSPS) is 30.6. The van der Waals surface area contributed by atoms with Gasteiger partial charge in [-0.2, -0.15) is 10.2 Å². The maximum atomic E-state index is 14.1. The topological polar surface area (TPSA) is 117 Å². The summed E-state index contributed by atoms with van der Waals surface area (Å²) in [5.74, 6) is 0.678. The molecule has 0 radical (unpaired) electrons. The lowest BCUT2D eigenvalue weighted by molar-refractivity contribution is -0.125. The maximum Gasteiger partial charge on any atom is 0.255 e. The second-order valence-electron chi connectivity index (χ2n) is 8.82. The van der Waals surface area contributed by atoms with Crippen LogP contribution in [0.5, 0.6) is 0 Å². The first-order chi connectivity index (χ1) is 16.0. The van der Waals surface area contributed by atoms with Gasteiger partial charge in [-0.3, -0.25) is 14.7 Å². The van der Waals surface area contributed by atoms with Gasteiger partial charge in [-0.25, -0.2) is 0 Å². The number of carbonyl (C=O) groups is 1. The van der Waals surface area contributed by atoms with E-state index in [4.69, 9.17) is 25.6 Å². The summed E-state index contributed by atoms with van der Waals surface area (Å²) in [6.07, 6.45) is 3.87. The summed E-state index contributed by atoms with van der Waals surface area (Å²) in [6.45, 7) is 3.62. The molecular formula is C22H21ClN6O4. The highest BCUT2D eigenvalue weighted by atomic mass is 35.5. The molecule has 2 saturated heterocycles. The Kier molecular flexibility index (Phi) is 4.69. The fourth-order valence-corrected chi connectivity index (χ4v) is 5.33. The van der Waals surface area contributed by atoms with Gasteiger partial charge in [0.2, 0.25) is 0 Å². The number of carbonyl (C=O) groups excluding carboxylic acids is 1. The second-order valence-corrected chi connectivity index (χ2v) is 9.22. The molecule has 0 bridgehead atoms. The van der Waals surface area contributed by atoms with E-state index in [1.165, 1.54) is 0 Å². The van der Waals surface area contributed by atoms with Gasteiger partial charge in [-0.05, 0) is 38.3 Å². The van der Waals surface area contributed by atoms with Crippen LogP contribution in [0.2, 0.25) is 5.02 Å². The van der Waals surface area contributed by atoms with Gasteiger partial charge in [0.25, 0.3) is 11.8 Å². The molecule has 11 heteroatoms. The van der Waals surface area contributed by atoms with Crippen LogP contribution in [0.3, 0.4) is 0 Å². The summed E-state index contributed by atoms with van der Waals surface area (Å²) in [5.41, 5.74) is 0.433. The number of hydrogen-bond acceptors (Lipinski definition) is 9. The molecule has 2 fully saturated rings. The second kappa shape index (κ2) is 7.52. The Hall–Kier alpha value is -3.00. The maximum absolute atomic E-state index is 14.1. The van der Waals surface area contributed by atoms with Gasteiger partial charge in [-0.15, -0.1) is 0 Å². The third-order valence-electron chi connectivity index (χ3n) is 6.82. The SMILES string of the molecule is CC1(N2C(=O)C3C(c4nc(C5CCOC5)no4)N=CN3c3ccc(Cl)c(C#N)c32)CCCO1. The van der Waals surface area contributed by atoms with E-state index >= 15 is 0 Å². The van der Waals surface area contributed by atoms with Crippen LogP contribution >= 0.6 is 11.6 Å². The van der Waals surface area contributed by atoms with Crippen LogP contribution in [0.25, 0.3) is 0 Å². The minimum absolute atomic E-state index is 0.0781. The fraction of sp³-hybridized carbons (Fsp3) is 0.500. The quantitative estimate of drug-likeness (QED) is 0.674. The average molecular weight is 469 g/mol. The number of aromatic nitrogens is 2. The number of rotatable bonds is 3. The van der Waals surface area contributed by atoms with Crippen LogP contribution in [0.1, 0.15) is 55.4 Å². The van der Waals surface area contributed by atoms with Gasteiger partial charge in [0.15, 0.2) is 11.9 Å². The predicted octanol–water partition coefficient (Wildman–Crippen LogP) is 2.93. The summed E-state index contributed by atoms with van der Waals surface area (Å²) in [4.78, 5) is 26.5. The minimum atomic E-state index is -0.900. The lowest BCUT2D eigenvalue weighted by atomic mass is 9.95. The van der Waals surface area contributed by atoms with Crippen LogP contribution in [0.15, 0.2) is 21.6 Å². The average Bonchev–Trinajstić information content (AvgIpc) is 3.59. The molecule has 2 aromatic rings. The van der Waals surface area contributed by atoms with Gasteiger partial charge >= 0.3 is 0 Å². The van der Waals surface area contributed by atoms with Crippen molar-refractivity contribution in [1.82, 2.24) is 10.1 Å². The molecule has 0 saturated carbocycles. The summed E-state index contributed by atoms with van der Waals surface area (Å²) in [6, 6.07) is 4.21. The monoisotopic (exact) mass is 468 g/mol. The standard InChI is InChI=1S/C22H21ClN6O4/c1-22(6-2-7-32-22)29-17-13(9-24)14(23)3-4-15(17)28-11-25-16(18(28)21(29)30)20-26-19(27-33-20)12-5-8-31-10-12/h3-4,11-12,16,18H,2,5-8,10H2,1H3. The Morgan fingerprint density at radius 2 is 2.21 bits per heavy atom. The molecule has 4 aliphatic rings. The van der Waals surface area contributed by atoms with Gasteiger partial charge in [0, 0.05) is 19.1 Å². The van der Waals surface area contributed by atoms with Crippen molar-refractivity contribution in [3.8, 4) is 6.07 Å². The molecule has 33 heavy (non-hydrogen) atoms. The molecule has 4 unspecified atom stereocenters. The van der Waals surface area contributed by atoms with Crippen LogP contribution in [0.4, 0.5) is 11.4 Å².